The summed E-state index contributed by atoms with van der Waals surface area (Å²) in [7, 11) is 0. The summed E-state index contributed by atoms with van der Waals surface area (Å²) in [4.78, 5) is 4.91. The highest BCUT2D eigenvalue weighted by molar-refractivity contribution is 6.31. The molecule has 104 valence electrons. The maximum absolute atomic E-state index is 13.3. The standard InChI is InChI=1S/C14H19ClFN3/c15-12-2-1-11(16)7-10(12)8-13(17)14-9-18-3-5-19(14)6-4-18/h1-2,7,13-14H,3-6,8-9,17H2. The Morgan fingerprint density at radius 1 is 1.32 bits per heavy atom. The van der Waals surface area contributed by atoms with Crippen LogP contribution in [0.15, 0.2) is 18.2 Å². The molecule has 2 N–H and O–H groups in total. The van der Waals surface area contributed by atoms with Gasteiger partial charge >= 0.3 is 0 Å². The molecular weight excluding hydrogens is 265 g/mol. The van der Waals surface area contributed by atoms with Crippen molar-refractivity contribution in [2.24, 2.45) is 5.73 Å². The summed E-state index contributed by atoms with van der Waals surface area (Å²) in [6, 6.07) is 4.85. The molecule has 3 aliphatic heterocycles. The van der Waals surface area contributed by atoms with E-state index in [9.17, 15) is 4.39 Å². The van der Waals surface area contributed by atoms with Gasteiger partial charge in [0.25, 0.3) is 0 Å². The summed E-state index contributed by atoms with van der Waals surface area (Å²) in [5.41, 5.74) is 7.15. The van der Waals surface area contributed by atoms with Crippen LogP contribution in [0.25, 0.3) is 0 Å². The molecule has 3 aliphatic rings. The molecule has 1 aromatic rings. The largest absolute Gasteiger partial charge is 0.326 e. The van der Waals surface area contributed by atoms with E-state index in [1.165, 1.54) is 12.1 Å². The van der Waals surface area contributed by atoms with Gasteiger partial charge in [-0.2, -0.15) is 0 Å². The number of benzene rings is 1. The van der Waals surface area contributed by atoms with E-state index in [4.69, 9.17) is 17.3 Å². The molecule has 0 amide bonds. The zero-order valence-electron chi connectivity index (χ0n) is 10.9. The quantitative estimate of drug-likeness (QED) is 0.909. The van der Waals surface area contributed by atoms with Gasteiger partial charge < -0.3 is 5.73 Å². The molecule has 3 heterocycles. The lowest BCUT2D eigenvalue weighted by Gasteiger charge is -2.49. The van der Waals surface area contributed by atoms with E-state index in [-0.39, 0.29) is 11.9 Å². The van der Waals surface area contributed by atoms with Crippen molar-refractivity contribution in [2.75, 3.05) is 32.7 Å². The van der Waals surface area contributed by atoms with E-state index in [1.807, 2.05) is 0 Å². The van der Waals surface area contributed by atoms with Crippen molar-refractivity contribution in [3.05, 3.63) is 34.6 Å². The van der Waals surface area contributed by atoms with E-state index >= 15 is 0 Å². The van der Waals surface area contributed by atoms with Gasteiger partial charge in [-0.3, -0.25) is 9.80 Å². The van der Waals surface area contributed by atoms with E-state index in [0.29, 0.717) is 17.5 Å². The van der Waals surface area contributed by atoms with Crippen LogP contribution in [0.4, 0.5) is 4.39 Å². The van der Waals surface area contributed by atoms with Crippen molar-refractivity contribution in [1.82, 2.24) is 9.80 Å². The van der Waals surface area contributed by atoms with Gasteiger partial charge in [-0.25, -0.2) is 4.39 Å². The predicted octanol–water partition coefficient (Wildman–Crippen LogP) is 1.35. The van der Waals surface area contributed by atoms with Crippen molar-refractivity contribution in [2.45, 2.75) is 18.5 Å². The number of rotatable bonds is 3. The molecule has 2 unspecified atom stereocenters. The number of fused-ring (bicyclic) bond motifs is 3. The number of hydrogen-bond donors (Lipinski definition) is 1. The second kappa shape index (κ2) is 5.37. The molecule has 0 aromatic heterocycles. The number of piperazine rings is 3. The van der Waals surface area contributed by atoms with Gasteiger partial charge in [0, 0.05) is 49.8 Å². The number of nitrogens with two attached hydrogens (primary N) is 1. The third kappa shape index (κ3) is 2.77. The lowest BCUT2D eigenvalue weighted by Crippen LogP contribution is -2.66. The fraction of sp³-hybridized carbons (Fsp3) is 0.571. The Morgan fingerprint density at radius 3 is 2.68 bits per heavy atom. The van der Waals surface area contributed by atoms with Gasteiger partial charge in [0.15, 0.2) is 0 Å². The van der Waals surface area contributed by atoms with Gasteiger partial charge in [0.2, 0.25) is 0 Å². The van der Waals surface area contributed by atoms with Crippen LogP contribution < -0.4 is 5.73 Å². The normalized spacial score (nSPS) is 31.4. The van der Waals surface area contributed by atoms with Gasteiger partial charge in [-0.05, 0) is 30.2 Å². The van der Waals surface area contributed by atoms with Crippen molar-refractivity contribution in [3.8, 4) is 0 Å². The van der Waals surface area contributed by atoms with Gasteiger partial charge in [0.05, 0.1) is 0 Å². The molecule has 3 nitrogen and oxygen atoms in total. The Kier molecular flexibility index (Phi) is 3.76. The molecule has 19 heavy (non-hydrogen) atoms. The van der Waals surface area contributed by atoms with Crippen LogP contribution in [0.2, 0.25) is 5.02 Å². The highest BCUT2D eigenvalue weighted by atomic mass is 35.5. The molecule has 2 atom stereocenters. The second-order valence-corrected chi connectivity index (χ2v) is 5.91. The highest BCUT2D eigenvalue weighted by Gasteiger charge is 2.35. The zero-order chi connectivity index (χ0) is 13.4. The molecular formula is C14H19ClFN3. The van der Waals surface area contributed by atoms with Gasteiger partial charge in [0.1, 0.15) is 5.82 Å². The molecule has 1 aromatic carbocycles. The third-order valence-electron chi connectivity index (χ3n) is 4.28. The average Bonchev–Trinajstić information content (AvgIpc) is 2.44. The summed E-state index contributed by atoms with van der Waals surface area (Å²) in [5, 5.41) is 0.605. The van der Waals surface area contributed by atoms with Crippen molar-refractivity contribution in [1.29, 1.82) is 0 Å². The van der Waals surface area contributed by atoms with E-state index in [0.717, 1.165) is 38.3 Å². The maximum Gasteiger partial charge on any atom is 0.123 e. The Labute approximate surface area is 118 Å². The average molecular weight is 284 g/mol. The van der Waals surface area contributed by atoms with Gasteiger partial charge in [-0.1, -0.05) is 11.6 Å². The van der Waals surface area contributed by atoms with E-state index in [2.05, 4.69) is 9.80 Å². The number of hydrogen-bond acceptors (Lipinski definition) is 3. The first-order chi connectivity index (χ1) is 9.13. The predicted molar refractivity (Wildman–Crippen MR) is 74.9 cm³/mol. The fourth-order valence-corrected chi connectivity index (χ4v) is 3.35. The van der Waals surface area contributed by atoms with Crippen LogP contribution in [0, 0.1) is 5.82 Å². The monoisotopic (exact) mass is 283 g/mol. The van der Waals surface area contributed by atoms with E-state index < -0.39 is 0 Å². The Morgan fingerprint density at radius 2 is 2.05 bits per heavy atom. The minimum absolute atomic E-state index is 0.00222. The number of nitrogens with zero attached hydrogens (tertiary/aromatic N) is 2. The molecule has 3 saturated heterocycles. The van der Waals surface area contributed by atoms with Crippen molar-refractivity contribution >= 4 is 11.6 Å². The first-order valence-corrected chi connectivity index (χ1v) is 7.17. The molecule has 3 fully saturated rings. The molecule has 4 rings (SSSR count). The molecule has 5 heteroatoms. The summed E-state index contributed by atoms with van der Waals surface area (Å²) in [6.07, 6.45) is 0.631. The minimum atomic E-state index is -0.249. The molecule has 0 spiro atoms. The van der Waals surface area contributed by atoms with Crippen molar-refractivity contribution < 1.29 is 4.39 Å². The van der Waals surface area contributed by atoms with Gasteiger partial charge in [-0.15, -0.1) is 0 Å². The highest BCUT2D eigenvalue weighted by Crippen LogP contribution is 2.23. The summed E-state index contributed by atoms with van der Waals surface area (Å²) in [5.74, 6) is -0.249. The fourth-order valence-electron chi connectivity index (χ4n) is 3.15. The van der Waals surface area contributed by atoms with Crippen LogP contribution in [0.5, 0.6) is 0 Å². The maximum atomic E-state index is 13.3. The number of halogens is 2. The Balaban J connectivity index is 1.71. The lowest BCUT2D eigenvalue weighted by molar-refractivity contribution is 0.00258. The smallest absolute Gasteiger partial charge is 0.123 e. The molecule has 0 aliphatic carbocycles. The first-order valence-electron chi connectivity index (χ1n) is 6.79. The van der Waals surface area contributed by atoms with E-state index in [1.54, 1.807) is 6.07 Å². The summed E-state index contributed by atoms with van der Waals surface area (Å²) < 4.78 is 13.3. The molecule has 2 bridgehead atoms. The lowest BCUT2D eigenvalue weighted by atomic mass is 9.95. The van der Waals surface area contributed by atoms with Crippen LogP contribution in [0.1, 0.15) is 5.56 Å². The van der Waals surface area contributed by atoms with Crippen LogP contribution >= 0.6 is 11.6 Å². The SMILES string of the molecule is NC(Cc1cc(F)ccc1Cl)C1CN2CCN1CC2. The zero-order valence-corrected chi connectivity index (χ0v) is 11.6. The van der Waals surface area contributed by atoms with Crippen LogP contribution in [-0.2, 0) is 6.42 Å². The first kappa shape index (κ1) is 13.3. The Hall–Kier alpha value is -0.680. The van der Waals surface area contributed by atoms with Crippen LogP contribution in [0.3, 0.4) is 0 Å². The summed E-state index contributed by atoms with van der Waals surface area (Å²) >= 11 is 6.11. The van der Waals surface area contributed by atoms with Crippen molar-refractivity contribution in [3.63, 3.8) is 0 Å². The molecule has 0 saturated carbocycles. The van der Waals surface area contributed by atoms with Crippen LogP contribution in [-0.4, -0.2) is 54.6 Å². The second-order valence-electron chi connectivity index (χ2n) is 5.51. The minimum Gasteiger partial charge on any atom is -0.326 e. The third-order valence-corrected chi connectivity index (χ3v) is 4.65. The summed E-state index contributed by atoms with van der Waals surface area (Å²) in [6.45, 7) is 5.49. The Bertz CT molecular complexity index is 460. The topological polar surface area (TPSA) is 32.5 Å². The molecule has 0 radical (unpaired) electrons.